The SMILES string of the molecule is COc1ccccc1CCNC(=O)COC(=O)CN1C(=O)Cc2ccccc2C1=O. The average molecular weight is 410 g/mol. The smallest absolute Gasteiger partial charge is 0.326 e. The molecule has 0 fully saturated rings. The molecule has 8 heteroatoms. The van der Waals surface area contributed by atoms with Crippen molar-refractivity contribution >= 4 is 23.7 Å². The molecule has 1 heterocycles. The van der Waals surface area contributed by atoms with Crippen LogP contribution in [0.15, 0.2) is 48.5 Å². The molecule has 8 nitrogen and oxygen atoms in total. The van der Waals surface area contributed by atoms with Gasteiger partial charge in [-0.15, -0.1) is 0 Å². The number of hydrogen-bond acceptors (Lipinski definition) is 6. The van der Waals surface area contributed by atoms with Crippen LogP contribution < -0.4 is 10.1 Å². The zero-order valence-electron chi connectivity index (χ0n) is 16.6. The van der Waals surface area contributed by atoms with Gasteiger partial charge in [-0.25, -0.2) is 0 Å². The van der Waals surface area contributed by atoms with Crippen molar-refractivity contribution in [2.24, 2.45) is 0 Å². The van der Waals surface area contributed by atoms with Gasteiger partial charge in [-0.2, -0.15) is 0 Å². The van der Waals surface area contributed by atoms with E-state index in [1.807, 2.05) is 24.3 Å². The molecule has 2 aromatic carbocycles. The molecule has 1 aliphatic rings. The molecule has 0 spiro atoms. The number of ether oxygens (including phenoxy) is 2. The quantitative estimate of drug-likeness (QED) is 0.517. The molecule has 2 aromatic rings. The molecule has 0 radical (unpaired) electrons. The van der Waals surface area contributed by atoms with Gasteiger partial charge in [0.25, 0.3) is 11.8 Å². The first-order chi connectivity index (χ1) is 14.5. The van der Waals surface area contributed by atoms with Crippen molar-refractivity contribution in [2.75, 3.05) is 26.8 Å². The third kappa shape index (κ3) is 5.02. The number of nitrogens with zero attached hydrogens (tertiary/aromatic N) is 1. The zero-order valence-corrected chi connectivity index (χ0v) is 16.6. The fourth-order valence-electron chi connectivity index (χ4n) is 3.18. The van der Waals surface area contributed by atoms with E-state index in [9.17, 15) is 19.2 Å². The van der Waals surface area contributed by atoms with Crippen molar-refractivity contribution < 1.29 is 28.7 Å². The van der Waals surface area contributed by atoms with Crippen molar-refractivity contribution in [3.8, 4) is 5.75 Å². The highest BCUT2D eigenvalue weighted by Crippen LogP contribution is 2.19. The fraction of sp³-hybridized carbons (Fsp3) is 0.273. The Bertz CT molecular complexity index is 972. The van der Waals surface area contributed by atoms with E-state index in [0.29, 0.717) is 24.1 Å². The summed E-state index contributed by atoms with van der Waals surface area (Å²) in [5, 5.41) is 2.65. The summed E-state index contributed by atoms with van der Waals surface area (Å²) >= 11 is 0. The molecular formula is C22H22N2O6. The molecule has 0 saturated carbocycles. The molecule has 0 unspecified atom stereocenters. The third-order valence-electron chi connectivity index (χ3n) is 4.70. The predicted molar refractivity (Wildman–Crippen MR) is 107 cm³/mol. The molecular weight excluding hydrogens is 388 g/mol. The summed E-state index contributed by atoms with van der Waals surface area (Å²) < 4.78 is 10.2. The first kappa shape index (κ1) is 21.0. The van der Waals surface area contributed by atoms with E-state index in [4.69, 9.17) is 9.47 Å². The molecule has 0 atom stereocenters. The second kappa shape index (κ2) is 9.69. The summed E-state index contributed by atoms with van der Waals surface area (Å²) in [5.41, 5.74) is 1.96. The molecule has 1 aliphatic heterocycles. The molecule has 30 heavy (non-hydrogen) atoms. The lowest BCUT2D eigenvalue weighted by Gasteiger charge is -2.25. The van der Waals surface area contributed by atoms with E-state index in [-0.39, 0.29) is 6.42 Å². The number of hydrogen-bond donors (Lipinski definition) is 1. The Morgan fingerprint density at radius 1 is 1.07 bits per heavy atom. The Kier molecular flexibility index (Phi) is 6.79. The van der Waals surface area contributed by atoms with Crippen molar-refractivity contribution in [3.05, 3.63) is 65.2 Å². The highest BCUT2D eigenvalue weighted by Gasteiger charge is 2.32. The van der Waals surface area contributed by atoms with Crippen LogP contribution >= 0.6 is 0 Å². The highest BCUT2D eigenvalue weighted by molar-refractivity contribution is 6.11. The normalized spacial score (nSPS) is 12.9. The number of esters is 1. The first-order valence-corrected chi connectivity index (χ1v) is 9.46. The highest BCUT2D eigenvalue weighted by atomic mass is 16.5. The number of amides is 3. The maximum atomic E-state index is 12.4. The summed E-state index contributed by atoms with van der Waals surface area (Å²) in [6, 6.07) is 14.2. The second-order valence-electron chi connectivity index (χ2n) is 6.69. The van der Waals surface area contributed by atoms with Crippen LogP contribution in [-0.4, -0.2) is 55.4 Å². The van der Waals surface area contributed by atoms with Crippen LogP contribution in [-0.2, 0) is 32.0 Å². The minimum absolute atomic E-state index is 0.0403. The molecule has 3 rings (SSSR count). The lowest BCUT2D eigenvalue weighted by Crippen LogP contribution is -2.45. The summed E-state index contributed by atoms with van der Waals surface area (Å²) in [7, 11) is 1.58. The standard InChI is InChI=1S/C22H22N2O6/c1-29-18-9-5-3-6-15(18)10-11-23-19(25)14-30-21(27)13-24-20(26)12-16-7-2-4-8-17(16)22(24)28/h2-9H,10-14H2,1H3,(H,23,25). The van der Waals surface area contributed by atoms with Crippen LogP contribution in [0, 0.1) is 0 Å². The molecule has 3 amide bonds. The van der Waals surface area contributed by atoms with E-state index in [1.165, 1.54) is 0 Å². The predicted octanol–water partition coefficient (Wildman–Crippen LogP) is 1.12. The number of para-hydroxylation sites is 1. The van der Waals surface area contributed by atoms with Crippen LogP contribution in [0.3, 0.4) is 0 Å². The molecule has 0 aromatic heterocycles. The number of rotatable bonds is 8. The van der Waals surface area contributed by atoms with Gasteiger partial charge in [-0.1, -0.05) is 36.4 Å². The van der Waals surface area contributed by atoms with Gasteiger partial charge in [0.15, 0.2) is 6.61 Å². The topological polar surface area (TPSA) is 102 Å². The number of benzene rings is 2. The van der Waals surface area contributed by atoms with Crippen molar-refractivity contribution in [2.45, 2.75) is 12.8 Å². The first-order valence-electron chi connectivity index (χ1n) is 9.46. The van der Waals surface area contributed by atoms with Gasteiger partial charge in [0.1, 0.15) is 12.3 Å². The fourth-order valence-corrected chi connectivity index (χ4v) is 3.18. The van der Waals surface area contributed by atoms with Crippen molar-refractivity contribution in [1.82, 2.24) is 10.2 Å². The van der Waals surface area contributed by atoms with Gasteiger partial charge in [0, 0.05) is 12.1 Å². The third-order valence-corrected chi connectivity index (χ3v) is 4.70. The monoisotopic (exact) mass is 410 g/mol. The molecule has 1 N–H and O–H groups in total. The van der Waals surface area contributed by atoms with E-state index in [0.717, 1.165) is 16.2 Å². The largest absolute Gasteiger partial charge is 0.496 e. The molecule has 0 saturated heterocycles. The van der Waals surface area contributed by atoms with Gasteiger partial charge < -0.3 is 14.8 Å². The maximum Gasteiger partial charge on any atom is 0.326 e. The van der Waals surface area contributed by atoms with Crippen LogP contribution in [0.1, 0.15) is 21.5 Å². The van der Waals surface area contributed by atoms with Crippen LogP contribution in [0.25, 0.3) is 0 Å². The molecule has 156 valence electrons. The van der Waals surface area contributed by atoms with Gasteiger partial charge >= 0.3 is 5.97 Å². The van der Waals surface area contributed by atoms with E-state index in [2.05, 4.69) is 5.32 Å². The second-order valence-corrected chi connectivity index (χ2v) is 6.69. The van der Waals surface area contributed by atoms with Crippen LogP contribution in [0.4, 0.5) is 0 Å². The van der Waals surface area contributed by atoms with Gasteiger partial charge in [0.05, 0.1) is 13.5 Å². The Hall–Kier alpha value is -3.68. The van der Waals surface area contributed by atoms with E-state index in [1.54, 1.807) is 31.4 Å². The van der Waals surface area contributed by atoms with Crippen LogP contribution in [0.2, 0.25) is 0 Å². The zero-order chi connectivity index (χ0) is 21.5. The van der Waals surface area contributed by atoms with Gasteiger partial charge in [-0.3, -0.25) is 24.1 Å². The summed E-state index contributed by atoms with van der Waals surface area (Å²) in [5.74, 6) is -1.58. The lowest BCUT2D eigenvalue weighted by atomic mass is 9.98. The number of fused-ring (bicyclic) bond motifs is 1. The summed E-state index contributed by atoms with van der Waals surface area (Å²) in [4.78, 5) is 49.4. The Morgan fingerprint density at radius 3 is 2.60 bits per heavy atom. The number of imide groups is 1. The number of nitrogens with one attached hydrogen (secondary N) is 1. The Morgan fingerprint density at radius 2 is 1.80 bits per heavy atom. The summed E-state index contributed by atoms with van der Waals surface area (Å²) in [6.07, 6.45) is 0.596. The van der Waals surface area contributed by atoms with Crippen molar-refractivity contribution in [1.29, 1.82) is 0 Å². The maximum absolute atomic E-state index is 12.4. The minimum Gasteiger partial charge on any atom is -0.496 e. The van der Waals surface area contributed by atoms with Gasteiger partial charge in [0.2, 0.25) is 5.91 Å². The average Bonchev–Trinajstić information content (AvgIpc) is 2.75. The number of methoxy groups -OCH3 is 1. The number of carbonyl (C=O) groups excluding carboxylic acids is 4. The lowest BCUT2D eigenvalue weighted by molar-refractivity contribution is -0.151. The van der Waals surface area contributed by atoms with Gasteiger partial charge in [-0.05, 0) is 29.7 Å². The summed E-state index contributed by atoms with van der Waals surface area (Å²) in [6.45, 7) is -0.672. The number of carbonyl (C=O) groups is 4. The minimum atomic E-state index is -0.823. The van der Waals surface area contributed by atoms with E-state index >= 15 is 0 Å². The molecule has 0 bridgehead atoms. The van der Waals surface area contributed by atoms with Crippen LogP contribution in [0.5, 0.6) is 5.75 Å². The Balaban J connectivity index is 1.44. The Labute approximate surface area is 173 Å². The van der Waals surface area contributed by atoms with E-state index < -0.39 is 36.8 Å². The van der Waals surface area contributed by atoms with Crippen molar-refractivity contribution in [3.63, 3.8) is 0 Å². The molecule has 0 aliphatic carbocycles.